The lowest BCUT2D eigenvalue weighted by atomic mass is 9.96. The molecule has 2 atom stereocenters. The number of hydrogen-bond donors (Lipinski definition) is 1. The minimum Gasteiger partial charge on any atom is -0.340 e. The Bertz CT molecular complexity index is 270. The van der Waals surface area contributed by atoms with Crippen LogP contribution in [0.1, 0.15) is 46.5 Å². The molecule has 2 N–H and O–H groups in total. The molecule has 0 aromatic rings. The highest BCUT2D eigenvalue weighted by molar-refractivity contribution is 5.76. The molecule has 0 bridgehead atoms. The second-order valence-corrected chi connectivity index (χ2v) is 5.71. The molecule has 0 aliphatic carbocycles. The molecule has 1 aliphatic heterocycles. The van der Waals surface area contributed by atoms with E-state index in [1.807, 2.05) is 4.90 Å². The molecule has 0 aromatic carbocycles. The van der Waals surface area contributed by atoms with E-state index in [-0.39, 0.29) is 0 Å². The van der Waals surface area contributed by atoms with Crippen molar-refractivity contribution in [2.45, 2.75) is 52.5 Å². The molecular weight excluding hydrogens is 238 g/mol. The van der Waals surface area contributed by atoms with E-state index in [0.29, 0.717) is 24.3 Å². The molecule has 1 saturated heterocycles. The highest BCUT2D eigenvalue weighted by Crippen LogP contribution is 2.17. The van der Waals surface area contributed by atoms with Crippen molar-refractivity contribution >= 4 is 5.91 Å². The minimum absolute atomic E-state index is 0.332. The van der Waals surface area contributed by atoms with E-state index < -0.39 is 0 Å². The molecule has 0 saturated carbocycles. The summed E-state index contributed by atoms with van der Waals surface area (Å²) < 4.78 is 0. The molecule has 1 aliphatic rings. The molecule has 1 rings (SSSR count). The van der Waals surface area contributed by atoms with Crippen LogP contribution in [0.4, 0.5) is 0 Å². The summed E-state index contributed by atoms with van der Waals surface area (Å²) in [6, 6.07) is 0.494. The molecule has 4 heteroatoms. The maximum atomic E-state index is 12.2. The SMILES string of the molecule is CCC(CCN)CCC(=O)N1CCN(CC)C(C)C1. The van der Waals surface area contributed by atoms with Crippen molar-refractivity contribution < 1.29 is 4.79 Å². The van der Waals surface area contributed by atoms with Gasteiger partial charge in [0.15, 0.2) is 0 Å². The molecule has 0 spiro atoms. The van der Waals surface area contributed by atoms with Gasteiger partial charge in [-0.25, -0.2) is 0 Å². The molecule has 4 nitrogen and oxygen atoms in total. The van der Waals surface area contributed by atoms with Gasteiger partial charge >= 0.3 is 0 Å². The molecule has 2 unspecified atom stereocenters. The van der Waals surface area contributed by atoms with Gasteiger partial charge in [0.25, 0.3) is 0 Å². The van der Waals surface area contributed by atoms with E-state index in [9.17, 15) is 4.79 Å². The summed E-state index contributed by atoms with van der Waals surface area (Å²) in [5, 5.41) is 0. The van der Waals surface area contributed by atoms with Crippen LogP contribution in [0.2, 0.25) is 0 Å². The topological polar surface area (TPSA) is 49.6 Å². The Labute approximate surface area is 118 Å². The van der Waals surface area contributed by atoms with E-state index in [4.69, 9.17) is 5.73 Å². The van der Waals surface area contributed by atoms with Crippen molar-refractivity contribution in [3.05, 3.63) is 0 Å². The number of carbonyl (C=O) groups is 1. The Morgan fingerprint density at radius 3 is 2.58 bits per heavy atom. The Balaban J connectivity index is 2.34. The minimum atomic E-state index is 0.332. The van der Waals surface area contributed by atoms with Gasteiger partial charge in [0.05, 0.1) is 0 Å². The number of rotatable bonds is 7. The van der Waals surface area contributed by atoms with E-state index in [1.54, 1.807) is 0 Å². The van der Waals surface area contributed by atoms with E-state index >= 15 is 0 Å². The summed E-state index contributed by atoms with van der Waals surface area (Å²) >= 11 is 0. The average Bonchev–Trinajstić information content (AvgIpc) is 2.42. The largest absolute Gasteiger partial charge is 0.340 e. The van der Waals surface area contributed by atoms with Gasteiger partial charge in [0.1, 0.15) is 0 Å². The average molecular weight is 269 g/mol. The molecule has 1 heterocycles. The fourth-order valence-corrected chi connectivity index (χ4v) is 2.97. The molecule has 112 valence electrons. The number of likely N-dealkylation sites (N-methyl/N-ethyl adjacent to an activating group) is 1. The summed E-state index contributed by atoms with van der Waals surface area (Å²) in [5.41, 5.74) is 5.60. The lowest BCUT2D eigenvalue weighted by Crippen LogP contribution is -2.53. The van der Waals surface area contributed by atoms with Gasteiger partial charge < -0.3 is 10.6 Å². The molecule has 0 radical (unpaired) electrons. The number of nitrogens with zero attached hydrogens (tertiary/aromatic N) is 2. The van der Waals surface area contributed by atoms with Crippen LogP contribution in [-0.2, 0) is 4.79 Å². The van der Waals surface area contributed by atoms with Crippen LogP contribution in [0.5, 0.6) is 0 Å². The fraction of sp³-hybridized carbons (Fsp3) is 0.933. The van der Waals surface area contributed by atoms with Crippen LogP contribution in [0.15, 0.2) is 0 Å². The van der Waals surface area contributed by atoms with Crippen LogP contribution >= 0.6 is 0 Å². The fourth-order valence-electron chi connectivity index (χ4n) is 2.97. The van der Waals surface area contributed by atoms with Crippen molar-refractivity contribution in [3.8, 4) is 0 Å². The lowest BCUT2D eigenvalue weighted by Gasteiger charge is -2.39. The summed E-state index contributed by atoms with van der Waals surface area (Å²) in [4.78, 5) is 16.7. The number of amides is 1. The third kappa shape index (κ3) is 5.11. The van der Waals surface area contributed by atoms with Crippen molar-refractivity contribution in [3.63, 3.8) is 0 Å². The maximum Gasteiger partial charge on any atom is 0.222 e. The predicted octanol–water partition coefficient (Wildman–Crippen LogP) is 1.69. The Morgan fingerprint density at radius 2 is 2.05 bits per heavy atom. The van der Waals surface area contributed by atoms with Gasteiger partial charge in [0.2, 0.25) is 5.91 Å². The monoisotopic (exact) mass is 269 g/mol. The summed E-state index contributed by atoms with van der Waals surface area (Å²) in [6.07, 6.45) is 3.86. The standard InChI is InChI=1S/C15H31N3O/c1-4-14(8-9-16)6-7-15(19)18-11-10-17(5-2)13(3)12-18/h13-14H,4-12,16H2,1-3H3. The van der Waals surface area contributed by atoms with Crippen molar-refractivity contribution in [2.75, 3.05) is 32.7 Å². The summed E-state index contributed by atoms with van der Waals surface area (Å²) in [5.74, 6) is 0.946. The van der Waals surface area contributed by atoms with Crippen LogP contribution in [0, 0.1) is 5.92 Å². The van der Waals surface area contributed by atoms with E-state index in [1.165, 1.54) is 0 Å². The van der Waals surface area contributed by atoms with Gasteiger partial charge in [-0.2, -0.15) is 0 Å². The Morgan fingerprint density at radius 1 is 1.32 bits per heavy atom. The normalized spacial score (nSPS) is 22.5. The second kappa shape index (κ2) is 8.54. The third-order valence-electron chi connectivity index (χ3n) is 4.44. The Hall–Kier alpha value is -0.610. The van der Waals surface area contributed by atoms with Gasteiger partial charge in [-0.05, 0) is 38.8 Å². The number of nitrogens with two attached hydrogens (primary N) is 1. The molecule has 0 aromatic heterocycles. The molecular formula is C15H31N3O. The zero-order valence-electron chi connectivity index (χ0n) is 12.9. The molecule has 1 fully saturated rings. The highest BCUT2D eigenvalue weighted by Gasteiger charge is 2.25. The van der Waals surface area contributed by atoms with Crippen LogP contribution in [-0.4, -0.2) is 54.5 Å². The number of piperazine rings is 1. The zero-order valence-corrected chi connectivity index (χ0v) is 12.9. The molecule has 1 amide bonds. The first-order chi connectivity index (χ1) is 9.12. The first-order valence-corrected chi connectivity index (χ1v) is 7.84. The summed E-state index contributed by atoms with van der Waals surface area (Å²) in [6.45, 7) is 11.2. The van der Waals surface area contributed by atoms with Crippen LogP contribution in [0.3, 0.4) is 0 Å². The smallest absolute Gasteiger partial charge is 0.222 e. The number of hydrogen-bond acceptors (Lipinski definition) is 3. The zero-order chi connectivity index (χ0) is 14.3. The van der Waals surface area contributed by atoms with Crippen molar-refractivity contribution in [1.29, 1.82) is 0 Å². The lowest BCUT2D eigenvalue weighted by molar-refractivity contribution is -0.134. The van der Waals surface area contributed by atoms with Crippen molar-refractivity contribution in [1.82, 2.24) is 9.80 Å². The van der Waals surface area contributed by atoms with E-state index in [0.717, 1.165) is 52.0 Å². The number of carbonyl (C=O) groups excluding carboxylic acids is 1. The predicted molar refractivity (Wildman–Crippen MR) is 80.0 cm³/mol. The molecule has 19 heavy (non-hydrogen) atoms. The first-order valence-electron chi connectivity index (χ1n) is 7.84. The quantitative estimate of drug-likeness (QED) is 0.765. The maximum absolute atomic E-state index is 12.2. The van der Waals surface area contributed by atoms with Gasteiger partial charge in [-0.15, -0.1) is 0 Å². The summed E-state index contributed by atoms with van der Waals surface area (Å²) in [7, 11) is 0. The van der Waals surface area contributed by atoms with Crippen LogP contribution < -0.4 is 5.73 Å². The third-order valence-corrected chi connectivity index (χ3v) is 4.44. The second-order valence-electron chi connectivity index (χ2n) is 5.71. The van der Waals surface area contributed by atoms with Crippen LogP contribution in [0.25, 0.3) is 0 Å². The Kier molecular flexibility index (Phi) is 7.39. The first kappa shape index (κ1) is 16.4. The highest BCUT2D eigenvalue weighted by atomic mass is 16.2. The van der Waals surface area contributed by atoms with E-state index in [2.05, 4.69) is 25.7 Å². The van der Waals surface area contributed by atoms with Gasteiger partial charge in [-0.1, -0.05) is 20.3 Å². The van der Waals surface area contributed by atoms with Gasteiger partial charge in [0, 0.05) is 32.1 Å². The van der Waals surface area contributed by atoms with Crippen molar-refractivity contribution in [2.24, 2.45) is 11.7 Å². The van der Waals surface area contributed by atoms with Gasteiger partial charge in [-0.3, -0.25) is 9.69 Å².